The van der Waals surface area contributed by atoms with Crippen molar-refractivity contribution in [1.29, 1.82) is 0 Å². The number of rotatable bonds is 0. The van der Waals surface area contributed by atoms with Gasteiger partial charge in [0.25, 0.3) is 0 Å². The van der Waals surface area contributed by atoms with E-state index in [9.17, 15) is 0 Å². The van der Waals surface area contributed by atoms with Gasteiger partial charge in [-0.25, -0.2) is 0 Å². The molecule has 0 heterocycles. The van der Waals surface area contributed by atoms with Crippen LogP contribution in [0.3, 0.4) is 0 Å². The number of hydrogen-bond acceptors (Lipinski definition) is 1. The zero-order chi connectivity index (χ0) is 0. The summed E-state index contributed by atoms with van der Waals surface area (Å²) >= 11 is 0. The maximum atomic E-state index is 0. The third kappa shape index (κ3) is 212. The van der Waals surface area contributed by atoms with Crippen LogP contribution in [0.4, 0.5) is 0 Å². The molecule has 0 aliphatic rings. The Balaban J connectivity index is 0. The van der Waals surface area contributed by atoms with Gasteiger partial charge in [0.15, 0.2) is 0 Å². The van der Waals surface area contributed by atoms with E-state index in [0.717, 1.165) is 0 Å². The van der Waals surface area contributed by atoms with Crippen molar-refractivity contribution < 1.29 is 74.7 Å². The smallest absolute Gasteiger partial charge is 2.00 e. The van der Waals surface area contributed by atoms with Crippen molar-refractivity contribution in [2.75, 3.05) is 0 Å². The van der Waals surface area contributed by atoms with Gasteiger partial charge in [-0.2, -0.15) is 0 Å². The first-order valence-corrected chi connectivity index (χ1v) is 0. The first-order chi connectivity index (χ1) is 0. The Morgan fingerprint density at radius 3 is 0.625 bits per heavy atom. The van der Waals surface area contributed by atoms with E-state index < -0.39 is 0 Å². The predicted molar refractivity (Wildman–Crippen MR) is 11.2 cm³/mol. The normalized spacial score (nSPS) is 0. The molecule has 0 radical (unpaired) electrons. The molecule has 0 aromatic rings. The van der Waals surface area contributed by atoms with Crippen molar-refractivity contribution >= 4 is 0 Å². The van der Waals surface area contributed by atoms with E-state index in [1.165, 1.54) is 0 Å². The molecule has 0 atom stereocenters. The molecular weight excluding hydrogens is 342 g/mol. The molecule has 0 aliphatic heterocycles. The molecule has 0 unspecified atom stereocenters. The summed E-state index contributed by atoms with van der Waals surface area (Å²) in [5.41, 5.74) is 0. The van der Waals surface area contributed by atoms with Crippen molar-refractivity contribution in [3.05, 3.63) is 0 Å². The van der Waals surface area contributed by atoms with Gasteiger partial charge < -0.3 is 32.9 Å². The number of hydrogen-bond donors (Lipinski definition) is 0. The van der Waals surface area contributed by atoms with Gasteiger partial charge in [-0.15, -0.1) is 0 Å². The minimum Gasteiger partial charge on any atom is -2.00 e. The molecule has 5 N–H and O–H groups in total. The minimum absolute atomic E-state index is 0. The second kappa shape index (κ2) is 327. The molecule has 0 amide bonds. The third-order valence-corrected chi connectivity index (χ3v) is 0. The summed E-state index contributed by atoms with van der Waals surface area (Å²) in [6, 6.07) is 0. The zero-order valence-electron chi connectivity index (χ0n) is 3.83. The summed E-state index contributed by atoms with van der Waals surface area (Å²) in [7, 11) is 0. The Morgan fingerprint density at radius 1 is 0.625 bits per heavy atom. The Hall–Kier alpha value is 1.12. The Kier molecular flexibility index (Phi) is 19500. The molecule has 0 aromatic heterocycles. The van der Waals surface area contributed by atoms with Gasteiger partial charge in [-0.3, -0.25) is 0 Å². The van der Waals surface area contributed by atoms with Gasteiger partial charge in [0.1, 0.15) is 0 Å². The first kappa shape index (κ1) is 477. The summed E-state index contributed by atoms with van der Waals surface area (Å²) in [5.74, 6) is 0. The molecule has 0 spiro atoms. The molecular formula is H5O6TaZn. The summed E-state index contributed by atoms with van der Waals surface area (Å²) in [6.07, 6.45) is 0. The van der Waals surface area contributed by atoms with Crippen molar-refractivity contribution in [3.63, 3.8) is 0 Å². The van der Waals surface area contributed by atoms with E-state index >= 15 is 0 Å². The van der Waals surface area contributed by atoms with Crippen LogP contribution >= 0.6 is 0 Å². The molecule has 0 bridgehead atoms. The Morgan fingerprint density at radius 2 is 0.625 bits per heavy atom. The van der Waals surface area contributed by atoms with Gasteiger partial charge in [-0.05, 0) is 0 Å². The summed E-state index contributed by atoms with van der Waals surface area (Å²) in [4.78, 5) is 0. The van der Waals surface area contributed by atoms with E-state index in [2.05, 4.69) is 0 Å². The maximum Gasteiger partial charge on any atom is 5.00 e. The van der Waals surface area contributed by atoms with Crippen LogP contribution in [0.15, 0.2) is 0 Å². The van der Waals surface area contributed by atoms with E-state index in [4.69, 9.17) is 0 Å². The molecule has 0 saturated carbocycles. The van der Waals surface area contributed by atoms with Crippen LogP contribution in [0, 0.1) is 0 Å². The average Bonchev–Trinajstić information content (AvgIpc) is 0. The van der Waals surface area contributed by atoms with E-state index in [0.29, 0.717) is 0 Å². The van der Waals surface area contributed by atoms with E-state index in [1.807, 2.05) is 0 Å². The molecule has 8 heteroatoms. The second-order valence-corrected chi connectivity index (χ2v) is 0. The topological polar surface area (TPSA) is 178 Å². The Bertz CT molecular complexity index is 8.49. The van der Waals surface area contributed by atoms with Crippen molar-refractivity contribution in [3.8, 4) is 0 Å². The van der Waals surface area contributed by atoms with E-state index in [-0.39, 0.29) is 74.7 Å². The van der Waals surface area contributed by atoms with Crippen molar-refractivity contribution in [2.24, 2.45) is 0 Å². The van der Waals surface area contributed by atoms with Crippen LogP contribution < -0.4 is 0 Å². The maximum absolute atomic E-state index is 0. The molecule has 0 fully saturated rings. The average molecular weight is 347 g/mol. The predicted octanol–water partition coefficient (Wildman–Crippen LogP) is -2.19. The van der Waals surface area contributed by atoms with Crippen LogP contribution in [0.1, 0.15) is 0 Å². The van der Waals surface area contributed by atoms with Gasteiger partial charge in [0.05, 0.1) is 0 Å². The Labute approximate surface area is 74.8 Å². The van der Waals surface area contributed by atoms with Gasteiger partial charge in [0.2, 0.25) is 0 Å². The van der Waals surface area contributed by atoms with Crippen LogP contribution in [-0.4, -0.2) is 16.4 Å². The summed E-state index contributed by atoms with van der Waals surface area (Å²) < 4.78 is 0. The largest absolute Gasteiger partial charge is 5.00 e. The van der Waals surface area contributed by atoms with Crippen LogP contribution in [0.2, 0.25) is 0 Å². The molecule has 6 nitrogen and oxygen atoms in total. The quantitative estimate of drug-likeness (QED) is 0.444. The van der Waals surface area contributed by atoms with E-state index in [1.54, 1.807) is 0 Å². The molecule has 8 heavy (non-hydrogen) atoms. The monoisotopic (exact) mass is 346 g/mol. The fourth-order valence-corrected chi connectivity index (χ4v) is 0. The molecule has 0 saturated heterocycles. The van der Waals surface area contributed by atoms with Crippen LogP contribution in [-0.2, 0) is 58.3 Å². The fraction of sp³-hybridized carbons (Fsp3) is 0. The van der Waals surface area contributed by atoms with Crippen molar-refractivity contribution in [2.45, 2.75) is 0 Å². The third-order valence-electron chi connectivity index (χ3n) is 0. The van der Waals surface area contributed by atoms with Gasteiger partial charge in [-0.1, -0.05) is 0 Å². The molecule has 0 aromatic carbocycles. The van der Waals surface area contributed by atoms with Crippen LogP contribution in [0.25, 0.3) is 0 Å². The fourth-order valence-electron chi connectivity index (χ4n) is 0. The SMILES string of the molecule is O.O.[O-2].[O-2].[O-2].[OH-].[Ta+5].[Zn+2]. The minimum atomic E-state index is 0. The first-order valence-electron chi connectivity index (χ1n) is 0. The van der Waals surface area contributed by atoms with Gasteiger partial charge >= 0.3 is 41.9 Å². The molecule has 0 rings (SSSR count). The van der Waals surface area contributed by atoms with Crippen LogP contribution in [0.5, 0.6) is 0 Å². The zero-order valence-corrected chi connectivity index (χ0v) is 10.0. The van der Waals surface area contributed by atoms with Crippen molar-refractivity contribution in [1.82, 2.24) is 0 Å². The van der Waals surface area contributed by atoms with Gasteiger partial charge in [0, 0.05) is 0 Å². The summed E-state index contributed by atoms with van der Waals surface area (Å²) in [5, 5.41) is 0. The standard InChI is InChI=1S/3H2O.3O.Ta.Zn/h3*1H2;;;;;/q;;;3*-2;+5;+2/p-1. The molecule has 48 valence electrons. The summed E-state index contributed by atoms with van der Waals surface area (Å²) in [6.45, 7) is 0. The molecule has 0 aliphatic carbocycles. The second-order valence-electron chi connectivity index (χ2n) is 0.